The predicted molar refractivity (Wildman–Crippen MR) is 118 cm³/mol. The van der Waals surface area contributed by atoms with Gasteiger partial charge in [0.05, 0.1) is 24.4 Å². The number of fused-ring (bicyclic) bond motifs is 1. The quantitative estimate of drug-likeness (QED) is 0.631. The van der Waals surface area contributed by atoms with Gasteiger partial charge in [-0.2, -0.15) is 0 Å². The minimum atomic E-state index is 0.0610. The Morgan fingerprint density at radius 1 is 1.10 bits per heavy atom. The SMILES string of the molecule is CCOc1ccc2ccccc2c1C(=O)N1CCN(Cc2nc(C)c(C)s2)CC1. The molecule has 0 bridgehead atoms. The number of aromatic nitrogens is 1. The second-order valence-corrected chi connectivity index (χ2v) is 8.70. The van der Waals surface area contributed by atoms with Gasteiger partial charge in [-0.05, 0) is 37.6 Å². The molecule has 4 rings (SSSR count). The number of benzene rings is 2. The fraction of sp³-hybridized carbons (Fsp3) is 0.391. The molecule has 5 nitrogen and oxygen atoms in total. The normalized spacial score (nSPS) is 15.1. The van der Waals surface area contributed by atoms with E-state index in [1.54, 1.807) is 11.3 Å². The molecule has 0 atom stereocenters. The Bertz CT molecular complexity index is 1000. The summed E-state index contributed by atoms with van der Waals surface area (Å²) < 4.78 is 5.81. The number of carbonyl (C=O) groups is 1. The van der Waals surface area contributed by atoms with Gasteiger partial charge in [0.25, 0.3) is 5.91 Å². The van der Waals surface area contributed by atoms with Gasteiger partial charge < -0.3 is 9.64 Å². The minimum absolute atomic E-state index is 0.0610. The monoisotopic (exact) mass is 409 g/mol. The highest BCUT2D eigenvalue weighted by atomic mass is 32.1. The van der Waals surface area contributed by atoms with E-state index in [1.165, 1.54) is 4.88 Å². The first-order valence-corrected chi connectivity index (χ1v) is 11.0. The van der Waals surface area contributed by atoms with Gasteiger partial charge in [-0.25, -0.2) is 4.98 Å². The van der Waals surface area contributed by atoms with Gasteiger partial charge in [-0.1, -0.05) is 30.3 Å². The fourth-order valence-corrected chi connectivity index (χ4v) is 4.79. The van der Waals surface area contributed by atoms with Crippen LogP contribution >= 0.6 is 11.3 Å². The first kappa shape index (κ1) is 19.9. The number of hydrogen-bond donors (Lipinski definition) is 0. The van der Waals surface area contributed by atoms with Crippen LogP contribution in [0, 0.1) is 13.8 Å². The molecular weight excluding hydrogens is 382 g/mol. The molecule has 29 heavy (non-hydrogen) atoms. The van der Waals surface area contributed by atoms with Gasteiger partial charge in [0.1, 0.15) is 10.8 Å². The molecule has 1 saturated heterocycles. The molecule has 0 unspecified atom stereocenters. The summed E-state index contributed by atoms with van der Waals surface area (Å²) >= 11 is 1.77. The number of carbonyl (C=O) groups excluding carboxylic acids is 1. The van der Waals surface area contributed by atoms with Gasteiger partial charge in [-0.15, -0.1) is 11.3 Å². The Morgan fingerprint density at radius 3 is 2.55 bits per heavy atom. The molecule has 0 saturated carbocycles. The highest BCUT2D eigenvalue weighted by Gasteiger charge is 2.26. The molecule has 2 heterocycles. The summed E-state index contributed by atoms with van der Waals surface area (Å²) in [7, 11) is 0. The molecule has 3 aromatic rings. The van der Waals surface area contributed by atoms with Crippen LogP contribution in [0.5, 0.6) is 5.75 Å². The summed E-state index contributed by atoms with van der Waals surface area (Å²) in [4.78, 5) is 23.7. The van der Waals surface area contributed by atoms with Crippen LogP contribution in [0.3, 0.4) is 0 Å². The average molecular weight is 410 g/mol. The molecule has 0 N–H and O–H groups in total. The molecule has 1 fully saturated rings. The Balaban J connectivity index is 1.50. The van der Waals surface area contributed by atoms with Crippen molar-refractivity contribution < 1.29 is 9.53 Å². The highest BCUT2D eigenvalue weighted by Crippen LogP contribution is 2.30. The number of rotatable bonds is 5. The zero-order chi connectivity index (χ0) is 20.4. The number of aryl methyl sites for hydroxylation is 2. The number of hydrogen-bond acceptors (Lipinski definition) is 5. The van der Waals surface area contributed by atoms with E-state index in [0.717, 1.165) is 54.2 Å². The molecule has 1 aromatic heterocycles. The van der Waals surface area contributed by atoms with Crippen LogP contribution in [-0.2, 0) is 6.54 Å². The van der Waals surface area contributed by atoms with E-state index in [1.807, 2.05) is 48.2 Å². The van der Waals surface area contributed by atoms with Crippen LogP contribution in [0.2, 0.25) is 0 Å². The number of thiazole rings is 1. The van der Waals surface area contributed by atoms with E-state index < -0.39 is 0 Å². The van der Waals surface area contributed by atoms with E-state index in [9.17, 15) is 4.79 Å². The number of nitrogens with zero attached hydrogens (tertiary/aromatic N) is 3. The summed E-state index contributed by atoms with van der Waals surface area (Å²) in [6.45, 7) is 10.7. The molecule has 2 aromatic carbocycles. The van der Waals surface area contributed by atoms with Crippen molar-refractivity contribution in [2.45, 2.75) is 27.3 Å². The second-order valence-electron chi connectivity index (χ2n) is 7.41. The zero-order valence-electron chi connectivity index (χ0n) is 17.3. The molecule has 0 radical (unpaired) electrons. The summed E-state index contributed by atoms with van der Waals surface area (Å²) in [6, 6.07) is 12.0. The van der Waals surface area contributed by atoms with Crippen molar-refractivity contribution in [3.63, 3.8) is 0 Å². The van der Waals surface area contributed by atoms with E-state index in [-0.39, 0.29) is 5.91 Å². The molecule has 6 heteroatoms. The summed E-state index contributed by atoms with van der Waals surface area (Å²) in [6.07, 6.45) is 0. The Morgan fingerprint density at radius 2 is 1.86 bits per heavy atom. The Kier molecular flexibility index (Phi) is 5.83. The summed E-state index contributed by atoms with van der Waals surface area (Å²) in [5.41, 5.74) is 1.81. The molecule has 1 aliphatic heterocycles. The maximum absolute atomic E-state index is 13.4. The largest absolute Gasteiger partial charge is 0.493 e. The van der Waals surface area contributed by atoms with Crippen molar-refractivity contribution in [3.8, 4) is 5.75 Å². The van der Waals surface area contributed by atoms with Crippen molar-refractivity contribution in [1.29, 1.82) is 0 Å². The Labute approximate surface area is 175 Å². The van der Waals surface area contributed by atoms with Crippen molar-refractivity contribution in [3.05, 3.63) is 57.5 Å². The third-order valence-electron chi connectivity index (χ3n) is 5.50. The minimum Gasteiger partial charge on any atom is -0.493 e. The predicted octanol–water partition coefficient (Wildman–Crippen LogP) is 4.27. The van der Waals surface area contributed by atoms with E-state index in [0.29, 0.717) is 17.9 Å². The summed E-state index contributed by atoms with van der Waals surface area (Å²) in [5, 5.41) is 3.18. The maximum atomic E-state index is 13.4. The van der Waals surface area contributed by atoms with Crippen LogP contribution in [-0.4, -0.2) is 53.5 Å². The summed E-state index contributed by atoms with van der Waals surface area (Å²) in [5.74, 6) is 0.734. The van der Waals surface area contributed by atoms with Crippen molar-refractivity contribution >= 4 is 28.0 Å². The fourth-order valence-electron chi connectivity index (χ4n) is 3.81. The van der Waals surface area contributed by atoms with E-state index in [4.69, 9.17) is 4.74 Å². The lowest BCUT2D eigenvalue weighted by Gasteiger charge is -2.34. The molecule has 1 amide bonds. The van der Waals surface area contributed by atoms with Crippen LogP contribution in [0.1, 0.15) is 32.9 Å². The molecule has 0 spiro atoms. The van der Waals surface area contributed by atoms with E-state index in [2.05, 4.69) is 23.7 Å². The van der Waals surface area contributed by atoms with E-state index >= 15 is 0 Å². The Hall–Kier alpha value is -2.44. The van der Waals surface area contributed by atoms with Crippen molar-refractivity contribution in [2.24, 2.45) is 0 Å². The highest BCUT2D eigenvalue weighted by molar-refractivity contribution is 7.11. The van der Waals surface area contributed by atoms with Crippen LogP contribution in [0.15, 0.2) is 36.4 Å². The van der Waals surface area contributed by atoms with Gasteiger partial charge in [-0.3, -0.25) is 9.69 Å². The first-order chi connectivity index (χ1) is 14.1. The maximum Gasteiger partial charge on any atom is 0.258 e. The van der Waals surface area contributed by atoms with Gasteiger partial charge in [0.2, 0.25) is 0 Å². The van der Waals surface area contributed by atoms with Gasteiger partial charge >= 0.3 is 0 Å². The van der Waals surface area contributed by atoms with Crippen molar-refractivity contribution in [2.75, 3.05) is 32.8 Å². The average Bonchev–Trinajstić information content (AvgIpc) is 3.05. The van der Waals surface area contributed by atoms with Gasteiger partial charge in [0.15, 0.2) is 0 Å². The lowest BCUT2D eigenvalue weighted by molar-refractivity contribution is 0.0626. The lowest BCUT2D eigenvalue weighted by Crippen LogP contribution is -2.48. The standard InChI is InChI=1S/C23H27N3O2S/c1-4-28-20-10-9-18-7-5-6-8-19(18)22(20)23(27)26-13-11-25(12-14-26)15-21-24-16(2)17(3)29-21/h5-10H,4,11-15H2,1-3H3. The topological polar surface area (TPSA) is 45.7 Å². The molecule has 0 aliphatic carbocycles. The van der Waals surface area contributed by atoms with Crippen LogP contribution < -0.4 is 4.74 Å². The smallest absolute Gasteiger partial charge is 0.258 e. The molecular formula is C23H27N3O2S. The van der Waals surface area contributed by atoms with Crippen molar-refractivity contribution in [1.82, 2.24) is 14.8 Å². The number of ether oxygens (including phenoxy) is 1. The number of amides is 1. The third kappa shape index (κ3) is 4.14. The molecule has 1 aliphatic rings. The van der Waals surface area contributed by atoms with Gasteiger partial charge in [0, 0.05) is 31.1 Å². The first-order valence-electron chi connectivity index (χ1n) is 10.2. The molecule has 152 valence electrons. The number of piperazine rings is 1. The van der Waals surface area contributed by atoms with Crippen LogP contribution in [0.4, 0.5) is 0 Å². The third-order valence-corrected chi connectivity index (χ3v) is 6.55. The zero-order valence-corrected chi connectivity index (χ0v) is 18.1. The lowest BCUT2D eigenvalue weighted by atomic mass is 10.0. The van der Waals surface area contributed by atoms with Crippen LogP contribution in [0.25, 0.3) is 10.8 Å². The second kappa shape index (κ2) is 8.51.